The van der Waals surface area contributed by atoms with Crippen LogP contribution < -0.4 is 10.6 Å². The van der Waals surface area contributed by atoms with Gasteiger partial charge in [0.2, 0.25) is 17.7 Å². The van der Waals surface area contributed by atoms with Gasteiger partial charge in [0.05, 0.1) is 19.1 Å². The van der Waals surface area contributed by atoms with Crippen molar-refractivity contribution in [2.24, 2.45) is 5.92 Å². The molecule has 2 N–H and O–H groups in total. The number of ether oxygens (including phenoxy) is 1. The normalized spacial score (nSPS) is 30.5. The van der Waals surface area contributed by atoms with E-state index in [0.29, 0.717) is 19.6 Å². The molecule has 112 valence electrons. The molecule has 0 bridgehead atoms. The lowest BCUT2D eigenvalue weighted by Gasteiger charge is -2.35. The fraction of sp³-hybridized carbons (Fsp3) is 0.769. The highest BCUT2D eigenvalue weighted by molar-refractivity contribution is 6.04. The van der Waals surface area contributed by atoms with Crippen molar-refractivity contribution in [2.75, 3.05) is 26.3 Å². The molecule has 20 heavy (non-hydrogen) atoms. The zero-order valence-corrected chi connectivity index (χ0v) is 11.8. The molecular formula is C13H21N3O4. The van der Waals surface area contributed by atoms with Gasteiger partial charge in [0, 0.05) is 6.04 Å². The number of rotatable bonds is 4. The number of imide groups is 1. The lowest BCUT2D eigenvalue weighted by atomic mass is 9.99. The van der Waals surface area contributed by atoms with E-state index in [1.165, 1.54) is 4.90 Å². The molecule has 3 unspecified atom stereocenters. The maximum atomic E-state index is 12.6. The monoisotopic (exact) mass is 283 g/mol. The van der Waals surface area contributed by atoms with Crippen LogP contribution >= 0.6 is 0 Å². The van der Waals surface area contributed by atoms with E-state index in [9.17, 15) is 14.4 Å². The fourth-order valence-corrected chi connectivity index (χ4v) is 2.78. The third-order valence-electron chi connectivity index (χ3n) is 3.79. The largest absolute Gasteiger partial charge is 0.379 e. The summed E-state index contributed by atoms with van der Waals surface area (Å²) in [7, 11) is 0. The van der Waals surface area contributed by atoms with Gasteiger partial charge in [0.25, 0.3) is 0 Å². The van der Waals surface area contributed by atoms with E-state index in [1.807, 2.05) is 13.8 Å². The second-order valence-electron chi connectivity index (χ2n) is 5.11. The van der Waals surface area contributed by atoms with Crippen molar-refractivity contribution in [3.63, 3.8) is 0 Å². The van der Waals surface area contributed by atoms with Crippen LogP contribution in [0.2, 0.25) is 0 Å². The van der Waals surface area contributed by atoms with Crippen LogP contribution in [-0.2, 0) is 19.1 Å². The number of likely N-dealkylation sites (N-methyl/N-ethyl adjacent to an activating group) is 1. The molecule has 2 saturated heterocycles. The van der Waals surface area contributed by atoms with E-state index in [0.717, 1.165) is 6.54 Å². The van der Waals surface area contributed by atoms with Crippen LogP contribution in [0.3, 0.4) is 0 Å². The van der Waals surface area contributed by atoms with E-state index in [1.54, 1.807) is 0 Å². The molecular weight excluding hydrogens is 262 g/mol. The van der Waals surface area contributed by atoms with E-state index in [-0.39, 0.29) is 24.4 Å². The molecule has 2 aliphatic heterocycles. The zero-order chi connectivity index (χ0) is 14.7. The van der Waals surface area contributed by atoms with Crippen molar-refractivity contribution in [3.05, 3.63) is 0 Å². The van der Waals surface area contributed by atoms with Gasteiger partial charge in [-0.2, -0.15) is 0 Å². The first kappa shape index (κ1) is 14.9. The first-order chi connectivity index (χ1) is 9.58. The van der Waals surface area contributed by atoms with Crippen LogP contribution in [0.25, 0.3) is 0 Å². The Morgan fingerprint density at radius 2 is 2.15 bits per heavy atom. The third kappa shape index (κ3) is 2.83. The van der Waals surface area contributed by atoms with Crippen LogP contribution in [0, 0.1) is 5.92 Å². The SMILES string of the molecule is CCNC1COCC1C(=O)N1CC(=O)NC(=O)C1CC. The second-order valence-corrected chi connectivity index (χ2v) is 5.11. The van der Waals surface area contributed by atoms with E-state index in [2.05, 4.69) is 10.6 Å². The Balaban J connectivity index is 2.13. The summed E-state index contributed by atoms with van der Waals surface area (Å²) >= 11 is 0. The highest BCUT2D eigenvalue weighted by Crippen LogP contribution is 2.20. The number of piperazine rings is 1. The molecule has 0 aromatic carbocycles. The van der Waals surface area contributed by atoms with E-state index in [4.69, 9.17) is 4.74 Å². The fourth-order valence-electron chi connectivity index (χ4n) is 2.78. The number of carbonyl (C=O) groups excluding carboxylic acids is 3. The van der Waals surface area contributed by atoms with Crippen LogP contribution in [-0.4, -0.2) is 61.0 Å². The molecule has 0 saturated carbocycles. The molecule has 0 radical (unpaired) electrons. The Kier molecular flexibility index (Phi) is 4.72. The highest BCUT2D eigenvalue weighted by atomic mass is 16.5. The summed E-state index contributed by atoms with van der Waals surface area (Å²) in [6.07, 6.45) is 0.490. The first-order valence-corrected chi connectivity index (χ1v) is 7.03. The minimum Gasteiger partial charge on any atom is -0.379 e. The first-order valence-electron chi connectivity index (χ1n) is 7.03. The Labute approximate surface area is 118 Å². The van der Waals surface area contributed by atoms with Gasteiger partial charge in [-0.25, -0.2) is 0 Å². The van der Waals surface area contributed by atoms with Gasteiger partial charge in [0.15, 0.2) is 0 Å². The maximum absolute atomic E-state index is 12.6. The van der Waals surface area contributed by atoms with Crippen LogP contribution in [0.15, 0.2) is 0 Å². The smallest absolute Gasteiger partial charge is 0.249 e. The molecule has 3 amide bonds. The molecule has 0 spiro atoms. The van der Waals surface area contributed by atoms with Gasteiger partial charge in [-0.05, 0) is 13.0 Å². The Morgan fingerprint density at radius 3 is 2.80 bits per heavy atom. The van der Waals surface area contributed by atoms with E-state index >= 15 is 0 Å². The number of hydrogen-bond acceptors (Lipinski definition) is 5. The summed E-state index contributed by atoms with van der Waals surface area (Å²) in [6, 6.07) is -0.617. The summed E-state index contributed by atoms with van der Waals surface area (Å²) in [5, 5.41) is 5.49. The van der Waals surface area contributed by atoms with Gasteiger partial charge in [-0.1, -0.05) is 13.8 Å². The molecule has 2 fully saturated rings. The Bertz CT molecular complexity index is 412. The van der Waals surface area contributed by atoms with Gasteiger partial charge >= 0.3 is 0 Å². The zero-order valence-electron chi connectivity index (χ0n) is 11.8. The molecule has 2 rings (SSSR count). The summed E-state index contributed by atoms with van der Waals surface area (Å²) in [5.74, 6) is -1.32. The van der Waals surface area contributed by atoms with Gasteiger partial charge in [0.1, 0.15) is 12.6 Å². The van der Waals surface area contributed by atoms with Crippen molar-refractivity contribution < 1.29 is 19.1 Å². The number of nitrogens with one attached hydrogen (secondary N) is 2. The van der Waals surface area contributed by atoms with Crippen molar-refractivity contribution in [1.82, 2.24) is 15.5 Å². The third-order valence-corrected chi connectivity index (χ3v) is 3.79. The highest BCUT2D eigenvalue weighted by Gasteiger charge is 2.42. The molecule has 0 aromatic heterocycles. The predicted octanol–water partition coefficient (Wildman–Crippen LogP) is -1.13. The van der Waals surface area contributed by atoms with E-state index < -0.39 is 17.9 Å². The number of hydrogen-bond donors (Lipinski definition) is 2. The molecule has 2 aliphatic rings. The summed E-state index contributed by atoms with van der Waals surface area (Å²) < 4.78 is 5.36. The van der Waals surface area contributed by atoms with Crippen molar-refractivity contribution in [3.8, 4) is 0 Å². The topological polar surface area (TPSA) is 87.7 Å². The van der Waals surface area contributed by atoms with Crippen molar-refractivity contribution in [1.29, 1.82) is 0 Å². The number of nitrogens with zero attached hydrogens (tertiary/aromatic N) is 1. The molecule has 3 atom stereocenters. The number of carbonyl (C=O) groups is 3. The maximum Gasteiger partial charge on any atom is 0.249 e. The van der Waals surface area contributed by atoms with Crippen LogP contribution in [0.5, 0.6) is 0 Å². The summed E-state index contributed by atoms with van der Waals surface area (Å²) in [5.41, 5.74) is 0. The molecule has 0 aromatic rings. The second kappa shape index (κ2) is 6.32. The number of amides is 3. The lowest BCUT2D eigenvalue weighted by molar-refractivity contribution is -0.152. The minimum absolute atomic E-state index is 0.0508. The lowest BCUT2D eigenvalue weighted by Crippen LogP contribution is -2.61. The van der Waals surface area contributed by atoms with Gasteiger partial charge < -0.3 is 15.0 Å². The quantitative estimate of drug-likeness (QED) is 0.638. The molecule has 7 nitrogen and oxygen atoms in total. The van der Waals surface area contributed by atoms with Gasteiger partial charge in [-0.15, -0.1) is 0 Å². The minimum atomic E-state index is -0.567. The molecule has 0 aliphatic carbocycles. The summed E-state index contributed by atoms with van der Waals surface area (Å²) in [4.78, 5) is 37.3. The van der Waals surface area contributed by atoms with Crippen LogP contribution in [0.1, 0.15) is 20.3 Å². The summed E-state index contributed by atoms with van der Waals surface area (Å²) in [6.45, 7) is 5.29. The molecule has 7 heteroatoms. The van der Waals surface area contributed by atoms with Crippen molar-refractivity contribution >= 4 is 17.7 Å². The average molecular weight is 283 g/mol. The molecule has 2 heterocycles. The standard InChI is InChI=1S/C13H21N3O4/c1-3-10-12(18)15-11(17)5-16(10)13(19)8-6-20-7-9(8)14-4-2/h8-10,14H,3-7H2,1-2H3,(H,15,17,18). The van der Waals surface area contributed by atoms with Crippen LogP contribution in [0.4, 0.5) is 0 Å². The Hall–Kier alpha value is -1.47. The van der Waals surface area contributed by atoms with Crippen molar-refractivity contribution in [2.45, 2.75) is 32.4 Å². The van der Waals surface area contributed by atoms with Gasteiger partial charge in [-0.3, -0.25) is 19.7 Å². The predicted molar refractivity (Wildman–Crippen MR) is 70.7 cm³/mol. The average Bonchev–Trinajstić information content (AvgIpc) is 2.86. The Morgan fingerprint density at radius 1 is 1.40 bits per heavy atom.